The van der Waals surface area contributed by atoms with Crippen LogP contribution in [0.25, 0.3) is 0 Å². The molecule has 2 N–H and O–H groups in total. The van der Waals surface area contributed by atoms with Crippen LogP contribution < -0.4 is 5.32 Å². The quantitative estimate of drug-likeness (QED) is 0.815. The van der Waals surface area contributed by atoms with E-state index in [9.17, 15) is 9.59 Å². The van der Waals surface area contributed by atoms with E-state index in [4.69, 9.17) is 5.11 Å². The second-order valence-electron chi connectivity index (χ2n) is 6.54. The minimum atomic E-state index is -0.955. The van der Waals surface area contributed by atoms with Gasteiger partial charge in [-0.2, -0.15) is 0 Å². The molecule has 0 spiro atoms. The number of urea groups is 1. The van der Waals surface area contributed by atoms with Gasteiger partial charge < -0.3 is 15.3 Å². The Bertz CT molecular complexity index is 334. The number of likely N-dealkylation sites (tertiary alicyclic amines) is 1. The molecule has 5 heteroatoms. The summed E-state index contributed by atoms with van der Waals surface area (Å²) in [4.78, 5) is 25.0. The third-order valence-electron chi connectivity index (χ3n) is 4.07. The highest BCUT2D eigenvalue weighted by Gasteiger charge is 2.27. The van der Waals surface area contributed by atoms with Crippen LogP contribution >= 0.6 is 0 Å². The molecule has 1 rings (SSSR count). The normalized spacial score (nSPS) is 18.4. The minimum absolute atomic E-state index is 0.236. The molecule has 0 aliphatic carbocycles. The first kappa shape index (κ1) is 16.8. The van der Waals surface area contributed by atoms with Crippen LogP contribution in [0, 0.1) is 17.8 Å². The van der Waals surface area contributed by atoms with E-state index in [1.54, 1.807) is 4.90 Å². The smallest absolute Gasteiger partial charge is 0.326 e. The molecular weight excluding hydrogens is 256 g/mol. The molecule has 0 bridgehead atoms. The summed E-state index contributed by atoms with van der Waals surface area (Å²) in [6.45, 7) is 9.78. The van der Waals surface area contributed by atoms with Crippen molar-refractivity contribution in [1.82, 2.24) is 10.2 Å². The fourth-order valence-corrected chi connectivity index (χ4v) is 2.70. The van der Waals surface area contributed by atoms with E-state index >= 15 is 0 Å². The second kappa shape index (κ2) is 7.50. The van der Waals surface area contributed by atoms with Crippen molar-refractivity contribution in [2.75, 3.05) is 13.1 Å². The zero-order valence-electron chi connectivity index (χ0n) is 13.1. The minimum Gasteiger partial charge on any atom is -0.480 e. The molecule has 1 fully saturated rings. The van der Waals surface area contributed by atoms with Crippen LogP contribution in [0.2, 0.25) is 0 Å². The van der Waals surface area contributed by atoms with E-state index in [0.717, 1.165) is 25.9 Å². The zero-order chi connectivity index (χ0) is 15.3. The standard InChI is InChI=1S/C15H28N2O3/c1-10(2)9-13(14(18)19)16-15(20)17-7-5-12(6-8-17)11(3)4/h10-13H,5-9H2,1-4H3,(H,16,20)(H,18,19)/t13-/m1/s1. The fourth-order valence-electron chi connectivity index (χ4n) is 2.70. The molecule has 1 heterocycles. The van der Waals surface area contributed by atoms with Crippen LogP contribution in [0.3, 0.4) is 0 Å². The molecule has 20 heavy (non-hydrogen) atoms. The van der Waals surface area contributed by atoms with Gasteiger partial charge in [0, 0.05) is 13.1 Å². The van der Waals surface area contributed by atoms with Crippen LogP contribution in [0.4, 0.5) is 4.79 Å². The van der Waals surface area contributed by atoms with Gasteiger partial charge >= 0.3 is 12.0 Å². The van der Waals surface area contributed by atoms with Crippen LogP contribution in [0.5, 0.6) is 0 Å². The van der Waals surface area contributed by atoms with Crippen LogP contribution in [-0.2, 0) is 4.79 Å². The monoisotopic (exact) mass is 284 g/mol. The number of carboxylic acids is 1. The van der Waals surface area contributed by atoms with Crippen molar-refractivity contribution in [2.24, 2.45) is 17.8 Å². The number of nitrogens with zero attached hydrogens (tertiary/aromatic N) is 1. The molecule has 1 atom stereocenters. The number of nitrogens with one attached hydrogen (secondary N) is 1. The Morgan fingerprint density at radius 3 is 2.15 bits per heavy atom. The summed E-state index contributed by atoms with van der Waals surface area (Å²) in [6, 6.07) is -1.02. The molecule has 0 aromatic heterocycles. The summed E-state index contributed by atoms with van der Waals surface area (Å²) in [5, 5.41) is 11.8. The van der Waals surface area contributed by atoms with Gasteiger partial charge in [0.25, 0.3) is 0 Å². The van der Waals surface area contributed by atoms with Gasteiger partial charge in [0.05, 0.1) is 0 Å². The number of carboxylic acid groups (broad SMARTS) is 1. The Hall–Kier alpha value is -1.26. The fraction of sp³-hybridized carbons (Fsp3) is 0.867. The van der Waals surface area contributed by atoms with Gasteiger partial charge in [-0.1, -0.05) is 27.7 Å². The molecule has 0 aromatic rings. The van der Waals surface area contributed by atoms with Crippen molar-refractivity contribution in [3.63, 3.8) is 0 Å². The molecule has 5 nitrogen and oxygen atoms in total. The van der Waals surface area contributed by atoms with Gasteiger partial charge in [-0.15, -0.1) is 0 Å². The molecule has 1 aliphatic rings. The lowest BCUT2D eigenvalue weighted by molar-refractivity contribution is -0.139. The van der Waals surface area contributed by atoms with E-state index in [2.05, 4.69) is 19.2 Å². The largest absolute Gasteiger partial charge is 0.480 e. The Balaban J connectivity index is 2.48. The van der Waals surface area contributed by atoms with Crippen molar-refractivity contribution in [1.29, 1.82) is 0 Å². The molecule has 0 saturated carbocycles. The highest BCUT2D eigenvalue weighted by Crippen LogP contribution is 2.24. The van der Waals surface area contributed by atoms with Crippen molar-refractivity contribution in [2.45, 2.75) is 53.0 Å². The van der Waals surface area contributed by atoms with E-state index in [-0.39, 0.29) is 11.9 Å². The van der Waals surface area contributed by atoms with Gasteiger partial charge in [-0.25, -0.2) is 9.59 Å². The molecule has 1 saturated heterocycles. The first-order valence-electron chi connectivity index (χ1n) is 7.59. The van der Waals surface area contributed by atoms with Gasteiger partial charge in [0.2, 0.25) is 0 Å². The van der Waals surface area contributed by atoms with E-state index in [1.165, 1.54) is 0 Å². The molecule has 116 valence electrons. The summed E-state index contributed by atoms with van der Waals surface area (Å²) in [5.74, 6) is 0.602. The molecule has 0 aromatic carbocycles. The summed E-state index contributed by atoms with van der Waals surface area (Å²) < 4.78 is 0. The van der Waals surface area contributed by atoms with E-state index in [1.807, 2.05) is 13.8 Å². The number of hydrogen-bond acceptors (Lipinski definition) is 2. The number of piperidine rings is 1. The Labute approximate surface area is 121 Å². The first-order valence-corrected chi connectivity index (χ1v) is 7.59. The molecule has 0 radical (unpaired) electrons. The van der Waals surface area contributed by atoms with E-state index < -0.39 is 12.0 Å². The first-order chi connectivity index (χ1) is 9.31. The summed E-state index contributed by atoms with van der Waals surface area (Å²) in [7, 11) is 0. The predicted octanol–water partition coefficient (Wildman–Crippen LogP) is 2.56. The topological polar surface area (TPSA) is 69.6 Å². The highest BCUT2D eigenvalue weighted by molar-refractivity contribution is 5.82. The van der Waals surface area contributed by atoms with Crippen LogP contribution in [0.1, 0.15) is 47.0 Å². The Morgan fingerprint density at radius 1 is 1.20 bits per heavy atom. The van der Waals surface area contributed by atoms with Crippen molar-refractivity contribution >= 4 is 12.0 Å². The third-order valence-corrected chi connectivity index (χ3v) is 4.07. The lowest BCUT2D eigenvalue weighted by Gasteiger charge is -2.34. The number of carbonyl (C=O) groups is 2. The number of rotatable bonds is 5. The molecule has 2 amide bonds. The molecule has 0 unspecified atom stereocenters. The van der Waals surface area contributed by atoms with Gasteiger partial charge in [0.15, 0.2) is 0 Å². The molecule has 1 aliphatic heterocycles. The van der Waals surface area contributed by atoms with Gasteiger partial charge in [-0.3, -0.25) is 0 Å². The average molecular weight is 284 g/mol. The predicted molar refractivity (Wildman–Crippen MR) is 78.5 cm³/mol. The lowest BCUT2D eigenvalue weighted by atomic mass is 9.87. The Kier molecular flexibility index (Phi) is 6.30. The SMILES string of the molecule is CC(C)C[C@@H](NC(=O)N1CCC(C(C)C)CC1)C(=O)O. The van der Waals surface area contributed by atoms with Crippen molar-refractivity contribution in [3.8, 4) is 0 Å². The lowest BCUT2D eigenvalue weighted by Crippen LogP contribution is -2.50. The van der Waals surface area contributed by atoms with Crippen LogP contribution in [-0.4, -0.2) is 41.1 Å². The maximum absolute atomic E-state index is 12.1. The maximum Gasteiger partial charge on any atom is 0.326 e. The van der Waals surface area contributed by atoms with Crippen LogP contribution in [0.15, 0.2) is 0 Å². The Morgan fingerprint density at radius 2 is 1.75 bits per heavy atom. The van der Waals surface area contributed by atoms with Crippen molar-refractivity contribution < 1.29 is 14.7 Å². The van der Waals surface area contributed by atoms with Gasteiger partial charge in [-0.05, 0) is 37.0 Å². The second-order valence-corrected chi connectivity index (χ2v) is 6.54. The number of hydrogen-bond donors (Lipinski definition) is 2. The van der Waals surface area contributed by atoms with Crippen molar-refractivity contribution in [3.05, 3.63) is 0 Å². The number of amides is 2. The average Bonchev–Trinajstić information content (AvgIpc) is 2.37. The summed E-state index contributed by atoms with van der Waals surface area (Å²) in [5.41, 5.74) is 0. The zero-order valence-corrected chi connectivity index (χ0v) is 13.1. The number of carbonyl (C=O) groups excluding carboxylic acids is 1. The summed E-state index contributed by atoms with van der Waals surface area (Å²) >= 11 is 0. The summed E-state index contributed by atoms with van der Waals surface area (Å²) in [6.07, 6.45) is 2.48. The highest BCUT2D eigenvalue weighted by atomic mass is 16.4. The third kappa shape index (κ3) is 5.02. The van der Waals surface area contributed by atoms with Gasteiger partial charge in [0.1, 0.15) is 6.04 Å². The maximum atomic E-state index is 12.1. The number of aliphatic carboxylic acids is 1. The molecular formula is C15H28N2O3. The van der Waals surface area contributed by atoms with E-state index in [0.29, 0.717) is 18.3 Å².